The van der Waals surface area contributed by atoms with E-state index in [-0.39, 0.29) is 16.9 Å². The van der Waals surface area contributed by atoms with Gasteiger partial charge in [-0.3, -0.25) is 5.43 Å². The number of hydrogen-bond acceptors (Lipinski definition) is 6. The highest BCUT2D eigenvalue weighted by atomic mass is 32.2. The third-order valence-electron chi connectivity index (χ3n) is 1.46. The fourth-order valence-electron chi connectivity index (χ4n) is 0.908. The molecule has 0 atom stereocenters. The zero-order valence-electron chi connectivity index (χ0n) is 8.43. The predicted molar refractivity (Wildman–Crippen MR) is 55.3 cm³/mol. The summed E-state index contributed by atoms with van der Waals surface area (Å²) < 4.78 is 25.6. The standard InChI is InChI=1S/C7H13N5O2S/c1-5(2)12-15(13,14)6-3-9-7(11-8)10-4-6/h3-5,12H,8H2,1-2H3,(H,9,10,11). The van der Waals surface area contributed by atoms with Crippen molar-refractivity contribution in [3.63, 3.8) is 0 Å². The Hall–Kier alpha value is -1.25. The van der Waals surface area contributed by atoms with Crippen molar-refractivity contribution in [3.05, 3.63) is 12.4 Å². The van der Waals surface area contributed by atoms with Gasteiger partial charge < -0.3 is 0 Å². The Morgan fingerprint density at radius 1 is 1.33 bits per heavy atom. The molecule has 1 aromatic rings. The summed E-state index contributed by atoms with van der Waals surface area (Å²) in [5.41, 5.74) is 2.21. The quantitative estimate of drug-likeness (QED) is 0.473. The molecule has 0 bridgehead atoms. The Balaban J connectivity index is 2.96. The molecule has 4 N–H and O–H groups in total. The fraction of sp³-hybridized carbons (Fsp3) is 0.429. The topological polar surface area (TPSA) is 110 Å². The third-order valence-corrected chi connectivity index (χ3v) is 3.07. The van der Waals surface area contributed by atoms with E-state index in [2.05, 4.69) is 20.1 Å². The summed E-state index contributed by atoms with van der Waals surface area (Å²) >= 11 is 0. The second-order valence-electron chi connectivity index (χ2n) is 3.16. The molecule has 0 radical (unpaired) electrons. The van der Waals surface area contributed by atoms with Gasteiger partial charge in [-0.2, -0.15) is 0 Å². The monoisotopic (exact) mass is 231 g/mol. The molecule has 0 aliphatic carbocycles. The molecule has 0 amide bonds. The summed E-state index contributed by atoms with van der Waals surface area (Å²) in [6.45, 7) is 3.46. The fourth-order valence-corrected chi connectivity index (χ4v) is 2.05. The van der Waals surface area contributed by atoms with E-state index in [1.165, 1.54) is 12.4 Å². The van der Waals surface area contributed by atoms with E-state index in [1.54, 1.807) is 13.8 Å². The van der Waals surface area contributed by atoms with Gasteiger partial charge in [0.15, 0.2) is 0 Å². The number of nitrogens with two attached hydrogens (primary N) is 1. The lowest BCUT2D eigenvalue weighted by Gasteiger charge is -2.08. The van der Waals surface area contributed by atoms with Gasteiger partial charge in [-0.15, -0.1) is 0 Å². The number of rotatable bonds is 4. The van der Waals surface area contributed by atoms with Crippen molar-refractivity contribution < 1.29 is 8.42 Å². The first-order valence-corrected chi connectivity index (χ1v) is 5.75. The van der Waals surface area contributed by atoms with Gasteiger partial charge in [0.2, 0.25) is 16.0 Å². The van der Waals surface area contributed by atoms with Crippen LogP contribution in [0.2, 0.25) is 0 Å². The minimum atomic E-state index is -3.53. The summed E-state index contributed by atoms with van der Waals surface area (Å²) in [7, 11) is -3.53. The first-order chi connectivity index (χ1) is 6.95. The summed E-state index contributed by atoms with van der Waals surface area (Å²) in [6, 6.07) is -0.178. The maximum Gasteiger partial charge on any atom is 0.243 e. The average Bonchev–Trinajstić information content (AvgIpc) is 2.16. The smallest absolute Gasteiger partial charge is 0.243 e. The van der Waals surface area contributed by atoms with Gasteiger partial charge in [-0.1, -0.05) is 0 Å². The summed E-state index contributed by atoms with van der Waals surface area (Å²) in [6.07, 6.45) is 2.37. The maximum atomic E-state index is 11.6. The van der Waals surface area contributed by atoms with Crippen molar-refractivity contribution in [1.29, 1.82) is 0 Å². The number of nitrogen functional groups attached to an aromatic ring is 1. The maximum absolute atomic E-state index is 11.6. The van der Waals surface area contributed by atoms with Gasteiger partial charge in [0.1, 0.15) is 4.90 Å². The van der Waals surface area contributed by atoms with Crippen LogP contribution in [0.3, 0.4) is 0 Å². The first-order valence-electron chi connectivity index (χ1n) is 4.26. The van der Waals surface area contributed by atoms with Crippen LogP contribution in [0.5, 0.6) is 0 Å². The molecule has 0 unspecified atom stereocenters. The molecule has 1 aromatic heterocycles. The van der Waals surface area contributed by atoms with Crippen LogP contribution in [-0.2, 0) is 10.0 Å². The Bertz CT molecular complexity index is 414. The summed E-state index contributed by atoms with van der Waals surface area (Å²) in [5.74, 6) is 5.21. The number of nitrogens with zero attached hydrogens (tertiary/aromatic N) is 2. The molecule has 0 aliphatic rings. The first kappa shape index (κ1) is 11.8. The molecular weight excluding hydrogens is 218 g/mol. The van der Waals surface area contributed by atoms with Gasteiger partial charge >= 0.3 is 0 Å². The van der Waals surface area contributed by atoms with Crippen LogP contribution in [-0.4, -0.2) is 24.4 Å². The lowest BCUT2D eigenvalue weighted by Crippen LogP contribution is -2.30. The van der Waals surface area contributed by atoms with Crippen LogP contribution in [0.4, 0.5) is 5.95 Å². The molecule has 7 nitrogen and oxygen atoms in total. The van der Waals surface area contributed by atoms with Crippen LogP contribution in [0.25, 0.3) is 0 Å². The third kappa shape index (κ3) is 3.11. The second-order valence-corrected chi connectivity index (χ2v) is 4.88. The van der Waals surface area contributed by atoms with Crippen molar-refractivity contribution in [1.82, 2.24) is 14.7 Å². The lowest BCUT2D eigenvalue weighted by atomic mass is 10.4. The Morgan fingerprint density at radius 3 is 2.27 bits per heavy atom. The number of hydrazine groups is 1. The normalized spacial score (nSPS) is 11.7. The molecule has 0 spiro atoms. The zero-order valence-corrected chi connectivity index (χ0v) is 9.25. The van der Waals surface area contributed by atoms with E-state index < -0.39 is 10.0 Å². The second kappa shape index (κ2) is 4.51. The Kier molecular flexibility index (Phi) is 3.56. The van der Waals surface area contributed by atoms with Crippen LogP contribution in [0.1, 0.15) is 13.8 Å². The summed E-state index contributed by atoms with van der Waals surface area (Å²) in [5, 5.41) is 0. The molecule has 84 valence electrons. The Morgan fingerprint density at radius 2 is 1.87 bits per heavy atom. The highest BCUT2D eigenvalue weighted by Gasteiger charge is 2.15. The molecule has 0 aromatic carbocycles. The van der Waals surface area contributed by atoms with Crippen LogP contribution >= 0.6 is 0 Å². The van der Waals surface area contributed by atoms with E-state index >= 15 is 0 Å². The van der Waals surface area contributed by atoms with E-state index in [9.17, 15) is 8.42 Å². The van der Waals surface area contributed by atoms with Gasteiger partial charge in [0, 0.05) is 6.04 Å². The lowest BCUT2D eigenvalue weighted by molar-refractivity contribution is 0.569. The molecule has 1 rings (SSSR count). The van der Waals surface area contributed by atoms with Gasteiger partial charge in [-0.05, 0) is 13.8 Å². The van der Waals surface area contributed by atoms with E-state index in [1.807, 2.05) is 0 Å². The molecule has 1 heterocycles. The summed E-state index contributed by atoms with van der Waals surface area (Å²) in [4.78, 5) is 7.42. The number of aromatic nitrogens is 2. The van der Waals surface area contributed by atoms with Gasteiger partial charge in [0.05, 0.1) is 12.4 Å². The van der Waals surface area contributed by atoms with Gasteiger partial charge in [-0.25, -0.2) is 29.0 Å². The van der Waals surface area contributed by atoms with Crippen molar-refractivity contribution in [3.8, 4) is 0 Å². The zero-order chi connectivity index (χ0) is 11.5. The number of sulfonamides is 1. The van der Waals surface area contributed by atoms with Crippen LogP contribution in [0.15, 0.2) is 17.3 Å². The largest absolute Gasteiger partial charge is 0.292 e. The van der Waals surface area contributed by atoms with Crippen LogP contribution in [0, 0.1) is 0 Å². The number of hydrogen-bond donors (Lipinski definition) is 3. The predicted octanol–water partition coefficient (Wildman–Crippen LogP) is -0.551. The van der Waals surface area contributed by atoms with E-state index in [0.717, 1.165) is 0 Å². The van der Waals surface area contributed by atoms with Gasteiger partial charge in [0.25, 0.3) is 0 Å². The molecular formula is C7H13N5O2S. The highest BCUT2D eigenvalue weighted by Crippen LogP contribution is 2.07. The Labute approximate surface area is 88.1 Å². The van der Waals surface area contributed by atoms with E-state index in [4.69, 9.17) is 5.84 Å². The number of anilines is 1. The average molecular weight is 231 g/mol. The molecule has 0 aliphatic heterocycles. The minimum absolute atomic E-state index is 0.00944. The van der Waals surface area contributed by atoms with Crippen LogP contribution < -0.4 is 16.0 Å². The SMILES string of the molecule is CC(C)NS(=O)(=O)c1cnc(NN)nc1. The molecule has 0 saturated carbocycles. The van der Waals surface area contributed by atoms with E-state index in [0.29, 0.717) is 0 Å². The van der Waals surface area contributed by atoms with Crippen molar-refractivity contribution in [2.24, 2.45) is 5.84 Å². The molecule has 0 fully saturated rings. The highest BCUT2D eigenvalue weighted by molar-refractivity contribution is 7.89. The molecule has 8 heteroatoms. The van der Waals surface area contributed by atoms with Crippen molar-refractivity contribution in [2.45, 2.75) is 24.8 Å². The molecule has 15 heavy (non-hydrogen) atoms. The number of nitrogens with one attached hydrogen (secondary N) is 2. The molecule has 0 saturated heterocycles. The minimum Gasteiger partial charge on any atom is -0.292 e. The van der Waals surface area contributed by atoms with Crippen molar-refractivity contribution in [2.75, 3.05) is 5.43 Å². The van der Waals surface area contributed by atoms with Crippen molar-refractivity contribution >= 4 is 16.0 Å².